The Morgan fingerprint density at radius 2 is 1.83 bits per heavy atom. The van der Waals surface area contributed by atoms with Crippen molar-refractivity contribution in [1.82, 2.24) is 15.5 Å². The molecule has 5 nitrogen and oxygen atoms in total. The summed E-state index contributed by atoms with van der Waals surface area (Å²) in [5, 5.41) is 6.60. The zero-order chi connectivity index (χ0) is 20.4. The van der Waals surface area contributed by atoms with Crippen LogP contribution in [-0.4, -0.2) is 56.4 Å². The second-order valence-electron chi connectivity index (χ2n) is 7.24. The van der Waals surface area contributed by atoms with Crippen LogP contribution in [0.15, 0.2) is 29.3 Å². The molecule has 0 aromatic heterocycles. The van der Waals surface area contributed by atoms with Crippen LogP contribution >= 0.6 is 24.0 Å². The van der Waals surface area contributed by atoms with Crippen LogP contribution in [0, 0.1) is 5.92 Å². The number of likely N-dealkylation sites (tertiary alicyclic amines) is 1. The molecule has 1 saturated heterocycles. The summed E-state index contributed by atoms with van der Waals surface area (Å²) in [6, 6.07) is 6.54. The first kappa shape index (κ1) is 25.8. The fourth-order valence-corrected chi connectivity index (χ4v) is 3.11. The summed E-state index contributed by atoms with van der Waals surface area (Å²) >= 11 is 0. The quantitative estimate of drug-likeness (QED) is 0.289. The molecule has 1 unspecified atom stereocenters. The van der Waals surface area contributed by atoms with Gasteiger partial charge >= 0.3 is 6.18 Å². The lowest BCUT2D eigenvalue weighted by atomic mass is 10.1. The van der Waals surface area contributed by atoms with Crippen LogP contribution in [0.1, 0.15) is 32.3 Å². The molecule has 0 bridgehead atoms. The summed E-state index contributed by atoms with van der Waals surface area (Å²) in [5.41, 5.74) is 0.904. The van der Waals surface area contributed by atoms with E-state index in [0.29, 0.717) is 12.5 Å². The number of rotatable bonds is 9. The van der Waals surface area contributed by atoms with Crippen LogP contribution in [-0.2, 0) is 6.54 Å². The maximum atomic E-state index is 12.2. The number of nitrogens with zero attached hydrogens (tertiary/aromatic N) is 2. The highest BCUT2D eigenvalue weighted by atomic mass is 127. The van der Waals surface area contributed by atoms with Crippen molar-refractivity contribution in [1.29, 1.82) is 0 Å². The lowest BCUT2D eigenvalue weighted by Gasteiger charge is -2.21. The number of hydrogen-bond donors (Lipinski definition) is 2. The second-order valence-corrected chi connectivity index (χ2v) is 7.24. The summed E-state index contributed by atoms with van der Waals surface area (Å²) in [7, 11) is 0. The molecule has 29 heavy (non-hydrogen) atoms. The van der Waals surface area contributed by atoms with Crippen molar-refractivity contribution in [2.24, 2.45) is 10.9 Å². The summed E-state index contributed by atoms with van der Waals surface area (Å²) in [4.78, 5) is 7.06. The van der Waals surface area contributed by atoms with E-state index in [1.54, 1.807) is 12.1 Å². The largest absolute Gasteiger partial charge is 0.484 e. The summed E-state index contributed by atoms with van der Waals surface area (Å²) < 4.78 is 41.3. The Labute approximate surface area is 188 Å². The fourth-order valence-electron chi connectivity index (χ4n) is 3.11. The van der Waals surface area contributed by atoms with Gasteiger partial charge in [-0.3, -0.25) is 0 Å². The minimum Gasteiger partial charge on any atom is -0.484 e. The van der Waals surface area contributed by atoms with Gasteiger partial charge < -0.3 is 20.3 Å². The van der Waals surface area contributed by atoms with Gasteiger partial charge in [0.2, 0.25) is 0 Å². The van der Waals surface area contributed by atoms with Crippen molar-refractivity contribution >= 4 is 29.9 Å². The maximum Gasteiger partial charge on any atom is 0.422 e. The van der Waals surface area contributed by atoms with Crippen molar-refractivity contribution in [3.05, 3.63) is 29.8 Å². The van der Waals surface area contributed by atoms with Crippen LogP contribution in [0.3, 0.4) is 0 Å². The van der Waals surface area contributed by atoms with Crippen molar-refractivity contribution in [3.63, 3.8) is 0 Å². The fraction of sp³-hybridized carbons (Fsp3) is 0.650. The average molecular weight is 528 g/mol. The van der Waals surface area contributed by atoms with E-state index in [1.807, 2.05) is 6.92 Å². The van der Waals surface area contributed by atoms with E-state index in [9.17, 15) is 13.2 Å². The van der Waals surface area contributed by atoms with Crippen LogP contribution in [0.2, 0.25) is 0 Å². The van der Waals surface area contributed by atoms with Crippen molar-refractivity contribution in [3.8, 4) is 5.75 Å². The van der Waals surface area contributed by atoms with Gasteiger partial charge in [-0.1, -0.05) is 19.1 Å². The van der Waals surface area contributed by atoms with Crippen LogP contribution in [0.25, 0.3) is 0 Å². The topological polar surface area (TPSA) is 48.9 Å². The van der Waals surface area contributed by atoms with Crippen LogP contribution < -0.4 is 15.4 Å². The van der Waals surface area contributed by atoms with E-state index >= 15 is 0 Å². The van der Waals surface area contributed by atoms with E-state index in [0.717, 1.165) is 31.2 Å². The normalized spacial score (nSPS) is 16.2. The molecule has 1 aromatic rings. The van der Waals surface area contributed by atoms with Gasteiger partial charge in [0.1, 0.15) is 5.75 Å². The first-order valence-electron chi connectivity index (χ1n) is 9.88. The Kier molecular flexibility index (Phi) is 11.7. The van der Waals surface area contributed by atoms with Crippen LogP contribution in [0.4, 0.5) is 13.2 Å². The molecule has 0 radical (unpaired) electrons. The number of hydrogen-bond acceptors (Lipinski definition) is 3. The predicted octanol–water partition coefficient (Wildman–Crippen LogP) is 4.03. The van der Waals surface area contributed by atoms with Crippen molar-refractivity contribution in [2.75, 3.05) is 39.3 Å². The Balaban J connectivity index is 0.00000420. The zero-order valence-corrected chi connectivity index (χ0v) is 19.4. The Morgan fingerprint density at radius 3 is 2.41 bits per heavy atom. The first-order valence-corrected chi connectivity index (χ1v) is 9.88. The molecule has 1 aromatic carbocycles. The molecule has 166 valence electrons. The summed E-state index contributed by atoms with van der Waals surface area (Å²) in [5.74, 6) is 1.46. The molecule has 1 aliphatic rings. The molecule has 0 saturated carbocycles. The predicted molar refractivity (Wildman–Crippen MR) is 121 cm³/mol. The van der Waals surface area contributed by atoms with Gasteiger partial charge in [-0.15, -0.1) is 24.0 Å². The Bertz CT molecular complexity index is 605. The molecule has 1 heterocycles. The van der Waals surface area contributed by atoms with Gasteiger partial charge in [-0.25, -0.2) is 4.99 Å². The Morgan fingerprint density at radius 1 is 1.17 bits per heavy atom. The average Bonchev–Trinajstić information content (AvgIpc) is 3.15. The van der Waals surface area contributed by atoms with E-state index in [-0.39, 0.29) is 29.7 Å². The van der Waals surface area contributed by atoms with Gasteiger partial charge in [-0.2, -0.15) is 13.2 Å². The lowest BCUT2D eigenvalue weighted by molar-refractivity contribution is -0.153. The molecule has 1 aliphatic heterocycles. The molecular weight excluding hydrogens is 496 g/mol. The Hall–Kier alpha value is -1.23. The number of nitrogens with one attached hydrogen (secondary N) is 2. The molecule has 2 N–H and O–H groups in total. The maximum absolute atomic E-state index is 12.2. The van der Waals surface area contributed by atoms with Gasteiger partial charge in [0.05, 0.1) is 6.54 Å². The lowest BCUT2D eigenvalue weighted by Crippen LogP contribution is -2.41. The highest BCUT2D eigenvalue weighted by molar-refractivity contribution is 14.0. The molecule has 0 spiro atoms. The second kappa shape index (κ2) is 13.1. The highest BCUT2D eigenvalue weighted by Gasteiger charge is 2.28. The van der Waals surface area contributed by atoms with Gasteiger partial charge in [0.15, 0.2) is 12.6 Å². The SMILES string of the molecule is CCNC(=NCc1ccc(OCC(F)(F)F)cc1)NCC(C)CN1CCCC1.I. The molecule has 2 rings (SSSR count). The van der Waals surface area contributed by atoms with Gasteiger partial charge in [-0.05, 0) is 56.5 Å². The number of halogens is 4. The van der Waals surface area contributed by atoms with Gasteiger partial charge in [0, 0.05) is 19.6 Å². The highest BCUT2D eigenvalue weighted by Crippen LogP contribution is 2.19. The number of guanidine groups is 1. The van der Waals surface area contributed by atoms with Crippen molar-refractivity contribution < 1.29 is 17.9 Å². The molecule has 0 amide bonds. The molecular formula is C20H32F3IN4O. The monoisotopic (exact) mass is 528 g/mol. The van der Waals surface area contributed by atoms with Gasteiger partial charge in [0.25, 0.3) is 0 Å². The standard InChI is InChI=1S/C20H31F3N4O.HI/c1-3-24-19(25-12-16(2)14-27-10-4-5-11-27)26-13-17-6-8-18(9-7-17)28-15-20(21,22)23;/h6-9,16H,3-5,10-15H2,1-2H3,(H2,24,25,26);1H. The number of aliphatic imine (C=N–C) groups is 1. The third-order valence-electron chi connectivity index (χ3n) is 4.48. The minimum atomic E-state index is -4.33. The number of benzene rings is 1. The van der Waals surface area contributed by atoms with E-state index in [1.165, 1.54) is 38.1 Å². The number of alkyl halides is 3. The van der Waals surface area contributed by atoms with Crippen molar-refractivity contribution in [2.45, 2.75) is 39.4 Å². The molecule has 1 atom stereocenters. The molecule has 9 heteroatoms. The first-order chi connectivity index (χ1) is 13.4. The summed E-state index contributed by atoms with van der Waals surface area (Å²) in [6.45, 7) is 8.48. The molecule has 0 aliphatic carbocycles. The van der Waals surface area contributed by atoms with E-state index < -0.39 is 12.8 Å². The smallest absolute Gasteiger partial charge is 0.422 e. The number of ether oxygens (including phenoxy) is 1. The third kappa shape index (κ3) is 10.9. The third-order valence-corrected chi connectivity index (χ3v) is 4.48. The zero-order valence-electron chi connectivity index (χ0n) is 17.1. The summed E-state index contributed by atoms with van der Waals surface area (Å²) in [6.07, 6.45) is -1.74. The minimum absolute atomic E-state index is 0. The van der Waals surface area contributed by atoms with E-state index in [4.69, 9.17) is 4.74 Å². The molecule has 1 fully saturated rings. The van der Waals surface area contributed by atoms with Crippen LogP contribution in [0.5, 0.6) is 5.75 Å². The van der Waals surface area contributed by atoms with E-state index in [2.05, 4.69) is 27.4 Å².